The molecule has 0 saturated heterocycles. The average Bonchev–Trinajstić information content (AvgIpc) is 2.37. The SMILES string of the molecule is CC(C)NCC(O)Cc1cccc2ccccc12.Cl. The fraction of sp³-hybridized carbons (Fsp3) is 0.375. The summed E-state index contributed by atoms with van der Waals surface area (Å²) in [5, 5.41) is 15.8. The van der Waals surface area contributed by atoms with Crippen molar-refractivity contribution in [1.82, 2.24) is 5.32 Å². The topological polar surface area (TPSA) is 32.3 Å². The van der Waals surface area contributed by atoms with Crippen molar-refractivity contribution in [2.45, 2.75) is 32.4 Å². The first-order valence-corrected chi connectivity index (χ1v) is 6.55. The summed E-state index contributed by atoms with van der Waals surface area (Å²) in [6.07, 6.45) is 0.361. The highest BCUT2D eigenvalue weighted by Gasteiger charge is 2.08. The summed E-state index contributed by atoms with van der Waals surface area (Å²) in [5.74, 6) is 0. The van der Waals surface area contributed by atoms with Crippen LogP contribution in [0.15, 0.2) is 42.5 Å². The predicted octanol–water partition coefficient (Wildman–Crippen LogP) is 3.16. The van der Waals surface area contributed by atoms with E-state index in [9.17, 15) is 5.11 Å². The van der Waals surface area contributed by atoms with Crippen LogP contribution in [0.1, 0.15) is 19.4 Å². The minimum atomic E-state index is -0.335. The monoisotopic (exact) mass is 279 g/mol. The molecule has 0 radical (unpaired) electrons. The Morgan fingerprint density at radius 1 is 1.05 bits per heavy atom. The molecule has 0 saturated carbocycles. The highest BCUT2D eigenvalue weighted by molar-refractivity contribution is 5.86. The maximum absolute atomic E-state index is 10.0. The molecule has 1 unspecified atom stereocenters. The van der Waals surface area contributed by atoms with Crippen LogP contribution in [-0.2, 0) is 6.42 Å². The number of halogens is 1. The van der Waals surface area contributed by atoms with Crippen molar-refractivity contribution < 1.29 is 5.11 Å². The molecule has 19 heavy (non-hydrogen) atoms. The molecule has 0 amide bonds. The van der Waals surface area contributed by atoms with Gasteiger partial charge in [-0.3, -0.25) is 0 Å². The van der Waals surface area contributed by atoms with Crippen molar-refractivity contribution in [3.63, 3.8) is 0 Å². The minimum absolute atomic E-state index is 0. The van der Waals surface area contributed by atoms with Gasteiger partial charge in [0.1, 0.15) is 0 Å². The van der Waals surface area contributed by atoms with E-state index in [2.05, 4.69) is 49.5 Å². The molecule has 0 aromatic heterocycles. The molecule has 2 N–H and O–H groups in total. The molecule has 0 aliphatic heterocycles. The Morgan fingerprint density at radius 2 is 1.74 bits per heavy atom. The van der Waals surface area contributed by atoms with Crippen LogP contribution in [0.4, 0.5) is 0 Å². The molecule has 2 aromatic carbocycles. The van der Waals surface area contributed by atoms with E-state index in [4.69, 9.17) is 0 Å². The van der Waals surface area contributed by atoms with Gasteiger partial charge in [0.15, 0.2) is 0 Å². The Hall–Kier alpha value is -1.09. The normalized spacial score (nSPS) is 12.4. The Kier molecular flexibility index (Phi) is 6.29. The summed E-state index contributed by atoms with van der Waals surface area (Å²) >= 11 is 0. The Bertz CT molecular complexity index is 508. The number of rotatable bonds is 5. The molecule has 104 valence electrons. The van der Waals surface area contributed by atoms with Gasteiger partial charge >= 0.3 is 0 Å². The van der Waals surface area contributed by atoms with E-state index in [1.165, 1.54) is 16.3 Å². The van der Waals surface area contributed by atoms with Crippen molar-refractivity contribution >= 4 is 23.2 Å². The average molecular weight is 280 g/mol. The molecule has 0 heterocycles. The zero-order valence-electron chi connectivity index (χ0n) is 11.5. The fourth-order valence-electron chi connectivity index (χ4n) is 2.17. The second kappa shape index (κ2) is 7.49. The molecule has 1 atom stereocenters. The van der Waals surface area contributed by atoms with Gasteiger partial charge in [-0.2, -0.15) is 0 Å². The van der Waals surface area contributed by atoms with Gasteiger partial charge in [-0.05, 0) is 16.3 Å². The lowest BCUT2D eigenvalue weighted by molar-refractivity contribution is 0.169. The van der Waals surface area contributed by atoms with E-state index >= 15 is 0 Å². The minimum Gasteiger partial charge on any atom is -0.391 e. The lowest BCUT2D eigenvalue weighted by atomic mass is 10.00. The molecule has 0 aliphatic rings. The summed E-state index contributed by atoms with van der Waals surface area (Å²) in [4.78, 5) is 0. The highest BCUT2D eigenvalue weighted by Crippen LogP contribution is 2.19. The van der Waals surface area contributed by atoms with Crippen molar-refractivity contribution in [2.75, 3.05) is 6.54 Å². The predicted molar refractivity (Wildman–Crippen MR) is 84.0 cm³/mol. The van der Waals surface area contributed by atoms with Crippen molar-refractivity contribution in [3.8, 4) is 0 Å². The Balaban J connectivity index is 0.00000180. The van der Waals surface area contributed by atoms with Gasteiger partial charge in [0.25, 0.3) is 0 Å². The van der Waals surface area contributed by atoms with Gasteiger partial charge in [-0.15, -0.1) is 12.4 Å². The lowest BCUT2D eigenvalue weighted by Gasteiger charge is -2.15. The molecular formula is C16H22ClNO. The van der Waals surface area contributed by atoms with Gasteiger partial charge in [-0.25, -0.2) is 0 Å². The quantitative estimate of drug-likeness (QED) is 0.881. The fourth-order valence-corrected chi connectivity index (χ4v) is 2.17. The van der Waals surface area contributed by atoms with Crippen molar-refractivity contribution in [1.29, 1.82) is 0 Å². The maximum Gasteiger partial charge on any atom is 0.0705 e. The van der Waals surface area contributed by atoms with Crippen LogP contribution in [0.3, 0.4) is 0 Å². The maximum atomic E-state index is 10.0. The van der Waals surface area contributed by atoms with Gasteiger partial charge in [0, 0.05) is 19.0 Å². The molecule has 0 spiro atoms. The zero-order valence-corrected chi connectivity index (χ0v) is 12.3. The smallest absolute Gasteiger partial charge is 0.0705 e. The van der Waals surface area contributed by atoms with Crippen LogP contribution in [0.2, 0.25) is 0 Å². The van der Waals surface area contributed by atoms with Crippen LogP contribution in [0.25, 0.3) is 10.8 Å². The number of fused-ring (bicyclic) bond motifs is 1. The summed E-state index contributed by atoms with van der Waals surface area (Å²) < 4.78 is 0. The number of benzene rings is 2. The van der Waals surface area contributed by atoms with Crippen LogP contribution >= 0.6 is 12.4 Å². The second-order valence-electron chi connectivity index (χ2n) is 5.06. The number of hydrogen-bond acceptors (Lipinski definition) is 2. The summed E-state index contributed by atoms with van der Waals surface area (Å²) in [6.45, 7) is 4.82. The van der Waals surface area contributed by atoms with E-state index in [-0.39, 0.29) is 18.5 Å². The summed E-state index contributed by atoms with van der Waals surface area (Å²) in [6, 6.07) is 15.0. The van der Waals surface area contributed by atoms with E-state index in [0.717, 1.165) is 0 Å². The van der Waals surface area contributed by atoms with E-state index in [0.29, 0.717) is 19.0 Å². The largest absolute Gasteiger partial charge is 0.391 e. The molecule has 2 nitrogen and oxygen atoms in total. The molecule has 0 bridgehead atoms. The highest BCUT2D eigenvalue weighted by atomic mass is 35.5. The van der Waals surface area contributed by atoms with E-state index in [1.54, 1.807) is 0 Å². The van der Waals surface area contributed by atoms with Crippen LogP contribution in [0, 0.1) is 0 Å². The molecule has 0 fully saturated rings. The molecular weight excluding hydrogens is 258 g/mol. The molecule has 3 heteroatoms. The van der Waals surface area contributed by atoms with Crippen LogP contribution in [0.5, 0.6) is 0 Å². The van der Waals surface area contributed by atoms with Crippen molar-refractivity contribution in [3.05, 3.63) is 48.0 Å². The number of aliphatic hydroxyl groups excluding tert-OH is 1. The van der Waals surface area contributed by atoms with Gasteiger partial charge in [-0.1, -0.05) is 56.3 Å². The van der Waals surface area contributed by atoms with E-state index < -0.39 is 0 Å². The van der Waals surface area contributed by atoms with Gasteiger partial charge in [0.05, 0.1) is 6.10 Å². The third-order valence-corrected chi connectivity index (χ3v) is 3.10. The standard InChI is InChI=1S/C16H21NO.ClH/c1-12(2)17-11-15(18)10-14-8-5-7-13-6-3-4-9-16(13)14;/h3-9,12,15,17-18H,10-11H2,1-2H3;1H. The zero-order chi connectivity index (χ0) is 13.0. The molecule has 2 rings (SSSR count). The van der Waals surface area contributed by atoms with Gasteiger partial charge < -0.3 is 10.4 Å². The molecule has 2 aromatic rings. The first-order chi connectivity index (χ1) is 8.66. The number of aliphatic hydroxyl groups is 1. The summed E-state index contributed by atoms with van der Waals surface area (Å²) in [7, 11) is 0. The summed E-state index contributed by atoms with van der Waals surface area (Å²) in [5.41, 5.74) is 1.21. The second-order valence-corrected chi connectivity index (χ2v) is 5.06. The van der Waals surface area contributed by atoms with Crippen LogP contribution in [-0.4, -0.2) is 23.8 Å². The van der Waals surface area contributed by atoms with Gasteiger partial charge in [0.2, 0.25) is 0 Å². The van der Waals surface area contributed by atoms with Crippen LogP contribution < -0.4 is 5.32 Å². The Morgan fingerprint density at radius 3 is 2.47 bits per heavy atom. The van der Waals surface area contributed by atoms with Crippen molar-refractivity contribution in [2.24, 2.45) is 0 Å². The molecule has 0 aliphatic carbocycles. The lowest BCUT2D eigenvalue weighted by Crippen LogP contribution is -2.33. The third kappa shape index (κ3) is 4.50. The Labute approximate surface area is 121 Å². The first-order valence-electron chi connectivity index (χ1n) is 6.55. The first kappa shape index (κ1) is 16.0. The third-order valence-electron chi connectivity index (χ3n) is 3.10. The number of nitrogens with one attached hydrogen (secondary N) is 1. The van der Waals surface area contributed by atoms with E-state index in [1.807, 2.05) is 12.1 Å². The number of hydrogen-bond donors (Lipinski definition) is 2.